The summed E-state index contributed by atoms with van der Waals surface area (Å²) in [7, 11) is 0. The molecule has 0 spiro atoms. The van der Waals surface area contributed by atoms with E-state index < -0.39 is 0 Å². The zero-order valence-corrected chi connectivity index (χ0v) is 13.0. The van der Waals surface area contributed by atoms with Crippen molar-refractivity contribution in [2.75, 3.05) is 12.4 Å². The first-order valence-electron chi connectivity index (χ1n) is 5.48. The summed E-state index contributed by atoms with van der Waals surface area (Å²) < 4.78 is 10.8. The van der Waals surface area contributed by atoms with Crippen molar-refractivity contribution in [1.29, 1.82) is 0 Å². The fourth-order valence-corrected chi connectivity index (χ4v) is 2.55. The van der Waals surface area contributed by atoms with Gasteiger partial charge in [0.1, 0.15) is 11.5 Å². The van der Waals surface area contributed by atoms with E-state index in [2.05, 4.69) is 4.98 Å². The molecule has 2 aromatic rings. The molecule has 3 nitrogen and oxygen atoms in total. The van der Waals surface area contributed by atoms with Crippen LogP contribution in [0.1, 0.15) is 5.76 Å². The summed E-state index contributed by atoms with van der Waals surface area (Å²) in [5, 5.41) is 1.17. The summed E-state index contributed by atoms with van der Waals surface area (Å²) in [6.45, 7) is 0.551. The van der Waals surface area contributed by atoms with Gasteiger partial charge in [0.25, 0.3) is 4.84 Å². The first-order chi connectivity index (χ1) is 9.15. The molecule has 0 radical (unpaired) electrons. The van der Waals surface area contributed by atoms with Crippen LogP contribution in [0.3, 0.4) is 0 Å². The van der Waals surface area contributed by atoms with Crippen LogP contribution in [0, 0.1) is 4.84 Å². The summed E-state index contributed by atoms with van der Waals surface area (Å²) in [4.78, 5) is 3.22. The van der Waals surface area contributed by atoms with Crippen molar-refractivity contribution in [3.63, 3.8) is 0 Å². The van der Waals surface area contributed by atoms with Crippen LogP contribution in [0.2, 0.25) is 10.0 Å². The average Bonchev–Trinajstić information content (AvgIpc) is 2.79. The van der Waals surface area contributed by atoms with Crippen LogP contribution in [0.25, 0.3) is 0 Å². The molecule has 102 valence electrons. The Labute approximate surface area is 130 Å². The molecule has 0 fully saturated rings. The molecule has 0 aliphatic rings. The van der Waals surface area contributed by atoms with Crippen LogP contribution in [0.15, 0.2) is 28.8 Å². The van der Waals surface area contributed by atoms with Crippen LogP contribution < -0.4 is 4.74 Å². The lowest BCUT2D eigenvalue weighted by atomic mass is 10.3. The van der Waals surface area contributed by atoms with Crippen LogP contribution in [0.4, 0.5) is 0 Å². The van der Waals surface area contributed by atoms with E-state index in [1.54, 1.807) is 36.2 Å². The average molecular weight is 336 g/mol. The summed E-state index contributed by atoms with van der Waals surface area (Å²) in [6, 6.07) is 5.15. The molecular formula is C12H11Cl2NO2S2. The zero-order valence-electron chi connectivity index (χ0n) is 9.82. The van der Waals surface area contributed by atoms with E-state index in [4.69, 9.17) is 44.6 Å². The molecule has 1 heterocycles. The molecule has 1 aromatic heterocycles. The van der Waals surface area contributed by atoms with Crippen molar-refractivity contribution in [2.45, 2.75) is 5.75 Å². The van der Waals surface area contributed by atoms with Gasteiger partial charge in [0, 0.05) is 23.0 Å². The van der Waals surface area contributed by atoms with Gasteiger partial charge in [0.15, 0.2) is 0 Å². The summed E-state index contributed by atoms with van der Waals surface area (Å²) >= 11 is 18.4. The first-order valence-corrected chi connectivity index (χ1v) is 7.80. The van der Waals surface area contributed by atoms with Crippen molar-refractivity contribution in [3.05, 3.63) is 45.0 Å². The van der Waals surface area contributed by atoms with E-state index >= 15 is 0 Å². The Morgan fingerprint density at radius 1 is 1.37 bits per heavy atom. The number of hydrogen-bond donors (Lipinski definition) is 1. The molecule has 0 aliphatic heterocycles. The second kappa shape index (κ2) is 7.24. The van der Waals surface area contributed by atoms with E-state index in [1.165, 1.54) is 0 Å². The van der Waals surface area contributed by atoms with E-state index in [-0.39, 0.29) is 0 Å². The monoisotopic (exact) mass is 335 g/mol. The predicted molar refractivity (Wildman–Crippen MR) is 82.0 cm³/mol. The maximum absolute atomic E-state index is 5.99. The number of aromatic nitrogens is 1. The van der Waals surface area contributed by atoms with Crippen LogP contribution >= 0.6 is 47.2 Å². The summed E-state index contributed by atoms with van der Waals surface area (Å²) in [5.74, 6) is 3.00. The number of oxazole rings is 1. The molecule has 0 amide bonds. The highest BCUT2D eigenvalue weighted by molar-refractivity contribution is 7.98. The Bertz CT molecular complexity index is 597. The lowest BCUT2D eigenvalue weighted by molar-refractivity contribution is 0.344. The summed E-state index contributed by atoms with van der Waals surface area (Å²) in [6.07, 6.45) is 1.77. The van der Waals surface area contributed by atoms with Crippen LogP contribution in [-0.4, -0.2) is 17.3 Å². The molecule has 0 bridgehead atoms. The van der Waals surface area contributed by atoms with Gasteiger partial charge in [-0.1, -0.05) is 23.2 Å². The fourth-order valence-electron chi connectivity index (χ4n) is 1.36. The highest BCUT2D eigenvalue weighted by Gasteiger charge is 2.03. The predicted octanol–water partition coefficient (Wildman–Crippen LogP) is 4.96. The SMILES string of the molecule is S=c1[nH]cc(CSCCOc2cc(Cl)ccc2Cl)o1. The molecule has 0 atom stereocenters. The molecule has 1 N–H and O–H groups in total. The van der Waals surface area contributed by atoms with Gasteiger partial charge >= 0.3 is 0 Å². The molecule has 0 aliphatic carbocycles. The van der Waals surface area contributed by atoms with Gasteiger partial charge in [0.2, 0.25) is 0 Å². The fraction of sp³-hybridized carbons (Fsp3) is 0.250. The Morgan fingerprint density at radius 3 is 2.95 bits per heavy atom. The number of H-pyrrole nitrogens is 1. The van der Waals surface area contributed by atoms with Crippen molar-refractivity contribution in [2.24, 2.45) is 0 Å². The van der Waals surface area contributed by atoms with Crippen molar-refractivity contribution in [3.8, 4) is 5.75 Å². The van der Waals surface area contributed by atoms with Crippen LogP contribution in [-0.2, 0) is 5.75 Å². The van der Waals surface area contributed by atoms with Crippen molar-refractivity contribution in [1.82, 2.24) is 4.98 Å². The van der Waals surface area contributed by atoms with E-state index in [0.29, 0.717) is 27.2 Å². The molecule has 1 aromatic carbocycles. The Morgan fingerprint density at radius 2 is 2.21 bits per heavy atom. The van der Waals surface area contributed by atoms with E-state index in [0.717, 1.165) is 17.3 Å². The maximum Gasteiger partial charge on any atom is 0.266 e. The molecule has 19 heavy (non-hydrogen) atoms. The normalized spacial score (nSPS) is 10.6. The molecule has 0 saturated carbocycles. The highest BCUT2D eigenvalue weighted by atomic mass is 35.5. The number of rotatable bonds is 6. The quantitative estimate of drug-likeness (QED) is 0.598. The second-order valence-corrected chi connectivity index (χ2v) is 5.94. The molecule has 0 saturated heterocycles. The van der Waals surface area contributed by atoms with Crippen molar-refractivity contribution >= 4 is 47.2 Å². The minimum Gasteiger partial charge on any atom is -0.491 e. The highest BCUT2D eigenvalue weighted by Crippen LogP contribution is 2.27. The standard InChI is InChI=1S/C12H11Cl2NO2S2/c13-8-1-2-10(14)11(5-8)16-3-4-19-7-9-6-15-12(18)17-9/h1-2,5-6H,3-4,7H2,(H,15,18). The van der Waals surface area contributed by atoms with Crippen molar-refractivity contribution < 1.29 is 9.15 Å². The molecule has 0 unspecified atom stereocenters. The number of halogens is 2. The number of thioether (sulfide) groups is 1. The molecule has 2 rings (SSSR count). The topological polar surface area (TPSA) is 38.2 Å². The number of hydrogen-bond acceptors (Lipinski definition) is 4. The van der Waals surface area contributed by atoms with Gasteiger partial charge in [-0.05, 0) is 24.4 Å². The summed E-state index contributed by atoms with van der Waals surface area (Å²) in [5.41, 5.74) is 0. The van der Waals surface area contributed by atoms with E-state index in [9.17, 15) is 0 Å². The lowest BCUT2D eigenvalue weighted by Gasteiger charge is -2.07. The third-order valence-corrected chi connectivity index (χ3v) is 3.89. The molecule has 7 heteroatoms. The number of nitrogens with one attached hydrogen (secondary N) is 1. The molecular weight excluding hydrogens is 325 g/mol. The number of ether oxygens (including phenoxy) is 1. The third kappa shape index (κ3) is 4.76. The minimum atomic E-state index is 0.401. The maximum atomic E-state index is 5.99. The Hall–Kier alpha value is -0.620. The van der Waals surface area contributed by atoms with Gasteiger partial charge in [-0.15, -0.1) is 0 Å². The second-order valence-electron chi connectivity index (χ2n) is 3.62. The van der Waals surface area contributed by atoms with Crippen LogP contribution in [0.5, 0.6) is 5.75 Å². The van der Waals surface area contributed by atoms with Gasteiger partial charge in [-0.3, -0.25) is 0 Å². The van der Waals surface area contributed by atoms with E-state index in [1.807, 2.05) is 0 Å². The zero-order chi connectivity index (χ0) is 13.7. The largest absolute Gasteiger partial charge is 0.491 e. The lowest BCUT2D eigenvalue weighted by Crippen LogP contribution is -2.00. The van der Waals surface area contributed by atoms with Gasteiger partial charge in [-0.25, -0.2) is 0 Å². The van der Waals surface area contributed by atoms with Gasteiger partial charge < -0.3 is 14.1 Å². The minimum absolute atomic E-state index is 0.401. The van der Waals surface area contributed by atoms with Gasteiger partial charge in [-0.2, -0.15) is 11.8 Å². The number of aromatic amines is 1. The van der Waals surface area contributed by atoms with Gasteiger partial charge in [0.05, 0.1) is 17.4 Å². The third-order valence-electron chi connectivity index (χ3n) is 2.20. The Kier molecular flexibility index (Phi) is 5.63. The number of benzene rings is 1. The first kappa shape index (κ1) is 14.8. The smallest absolute Gasteiger partial charge is 0.266 e. The Balaban J connectivity index is 1.72.